The highest BCUT2D eigenvalue weighted by molar-refractivity contribution is 5.08. The van der Waals surface area contributed by atoms with Gasteiger partial charge in [0, 0.05) is 18.4 Å². The normalized spacial score (nSPS) is 32.8. The molecule has 0 unspecified atom stereocenters. The number of hydrogen-bond donors (Lipinski definition) is 2. The number of alkyl halides is 2. The molecule has 2 aliphatic carbocycles. The molecule has 2 nitrogen and oxygen atoms in total. The number of hydrogen-bond acceptors (Lipinski definition) is 2. The molecule has 0 aromatic carbocycles. The van der Waals surface area contributed by atoms with Gasteiger partial charge in [-0.05, 0) is 25.7 Å². The molecule has 2 fully saturated rings. The fraction of sp³-hybridized carbons (Fsp3) is 1.00. The van der Waals surface area contributed by atoms with Crippen molar-refractivity contribution in [3.05, 3.63) is 0 Å². The van der Waals surface area contributed by atoms with Crippen LogP contribution in [0, 0.1) is 0 Å². The van der Waals surface area contributed by atoms with Gasteiger partial charge in [0.15, 0.2) is 0 Å². The van der Waals surface area contributed by atoms with E-state index in [-0.39, 0.29) is 25.7 Å². The molecule has 0 aromatic heterocycles. The van der Waals surface area contributed by atoms with Crippen LogP contribution in [0.2, 0.25) is 0 Å². The first kappa shape index (κ1) is 11.3. The number of nitrogens with two attached hydrogens (primary N) is 1. The Morgan fingerprint density at radius 1 is 0.867 bits per heavy atom. The second-order valence-corrected chi connectivity index (χ2v) is 5.25. The Labute approximate surface area is 88.8 Å². The average molecular weight is 219 g/mol. The molecular weight excluding hydrogens is 200 g/mol. The van der Waals surface area contributed by atoms with Crippen molar-refractivity contribution in [2.24, 2.45) is 5.73 Å². The van der Waals surface area contributed by atoms with Gasteiger partial charge < -0.3 is 10.8 Å². The molecule has 2 rings (SSSR count). The number of rotatable bonds is 1. The number of aliphatic hydroxyl groups is 1. The molecule has 0 saturated heterocycles. The predicted molar refractivity (Wildman–Crippen MR) is 53.8 cm³/mol. The second kappa shape index (κ2) is 3.39. The molecule has 15 heavy (non-hydrogen) atoms. The monoisotopic (exact) mass is 219 g/mol. The van der Waals surface area contributed by atoms with Crippen molar-refractivity contribution in [1.29, 1.82) is 0 Å². The molecule has 4 heteroatoms. The highest BCUT2D eigenvalue weighted by atomic mass is 19.3. The van der Waals surface area contributed by atoms with E-state index >= 15 is 0 Å². The van der Waals surface area contributed by atoms with E-state index in [0.29, 0.717) is 12.8 Å². The lowest BCUT2D eigenvalue weighted by molar-refractivity contribution is -0.104. The molecule has 88 valence electrons. The van der Waals surface area contributed by atoms with E-state index in [1.807, 2.05) is 0 Å². The summed E-state index contributed by atoms with van der Waals surface area (Å²) in [4.78, 5) is 0. The van der Waals surface area contributed by atoms with Gasteiger partial charge in [-0.15, -0.1) is 0 Å². The second-order valence-electron chi connectivity index (χ2n) is 5.25. The zero-order chi connectivity index (χ0) is 11.2. The average Bonchev–Trinajstić information content (AvgIpc) is 2.60. The zero-order valence-corrected chi connectivity index (χ0v) is 8.94. The van der Waals surface area contributed by atoms with Gasteiger partial charge in [-0.1, -0.05) is 12.8 Å². The molecule has 3 N–H and O–H groups in total. The van der Waals surface area contributed by atoms with Crippen LogP contribution < -0.4 is 5.73 Å². The molecule has 0 atom stereocenters. The van der Waals surface area contributed by atoms with E-state index < -0.39 is 17.1 Å². The van der Waals surface area contributed by atoms with Gasteiger partial charge in [0.1, 0.15) is 0 Å². The largest absolute Gasteiger partial charge is 0.388 e. The van der Waals surface area contributed by atoms with Crippen LogP contribution in [0.4, 0.5) is 8.78 Å². The van der Waals surface area contributed by atoms with Crippen LogP contribution in [0.15, 0.2) is 0 Å². The van der Waals surface area contributed by atoms with E-state index in [2.05, 4.69) is 0 Å². The predicted octanol–water partition coefficient (Wildman–Crippen LogP) is 2.20. The minimum atomic E-state index is -2.57. The number of halogens is 2. The Kier molecular flexibility index (Phi) is 2.54. The van der Waals surface area contributed by atoms with Crippen molar-refractivity contribution in [2.75, 3.05) is 0 Å². The fourth-order valence-electron chi connectivity index (χ4n) is 2.99. The quantitative estimate of drug-likeness (QED) is 0.710. The van der Waals surface area contributed by atoms with E-state index in [1.165, 1.54) is 0 Å². The Balaban J connectivity index is 2.08. The third kappa shape index (κ3) is 1.89. The van der Waals surface area contributed by atoms with Crippen LogP contribution in [-0.2, 0) is 0 Å². The van der Waals surface area contributed by atoms with Gasteiger partial charge in [0.2, 0.25) is 5.92 Å². The fourth-order valence-corrected chi connectivity index (χ4v) is 2.99. The van der Waals surface area contributed by atoms with Crippen molar-refractivity contribution in [2.45, 2.75) is 68.4 Å². The zero-order valence-electron chi connectivity index (χ0n) is 8.94. The summed E-state index contributed by atoms with van der Waals surface area (Å²) in [7, 11) is 0. The maximum Gasteiger partial charge on any atom is 0.248 e. The van der Waals surface area contributed by atoms with E-state index in [0.717, 1.165) is 12.8 Å². The van der Waals surface area contributed by atoms with Gasteiger partial charge in [-0.25, -0.2) is 8.78 Å². The topological polar surface area (TPSA) is 46.2 Å². The summed E-state index contributed by atoms with van der Waals surface area (Å²) < 4.78 is 26.0. The molecule has 0 bridgehead atoms. The van der Waals surface area contributed by atoms with Gasteiger partial charge in [0.05, 0.1) is 5.60 Å². The lowest BCUT2D eigenvalue weighted by Crippen LogP contribution is -2.61. The molecule has 0 aromatic rings. The van der Waals surface area contributed by atoms with Crippen LogP contribution >= 0.6 is 0 Å². The molecule has 2 saturated carbocycles. The van der Waals surface area contributed by atoms with Gasteiger partial charge in [0.25, 0.3) is 0 Å². The third-order valence-corrected chi connectivity index (χ3v) is 4.23. The summed E-state index contributed by atoms with van der Waals surface area (Å²) in [6.07, 6.45) is 3.42. The molecular formula is C11H19F2NO. The van der Waals surface area contributed by atoms with Gasteiger partial charge in [-0.3, -0.25) is 0 Å². The summed E-state index contributed by atoms with van der Waals surface area (Å²) >= 11 is 0. The van der Waals surface area contributed by atoms with E-state index in [9.17, 15) is 13.9 Å². The molecule has 2 aliphatic rings. The standard InChI is InChI=1S/C11H19F2NO/c12-11(13)7-5-9(14,6-8-11)10(15)3-1-2-4-10/h15H,1-8,14H2. The minimum Gasteiger partial charge on any atom is -0.388 e. The molecule has 0 radical (unpaired) electrons. The smallest absolute Gasteiger partial charge is 0.248 e. The van der Waals surface area contributed by atoms with E-state index in [1.54, 1.807) is 0 Å². The third-order valence-electron chi connectivity index (χ3n) is 4.23. The first-order valence-corrected chi connectivity index (χ1v) is 5.76. The molecule has 0 aliphatic heterocycles. The van der Waals surface area contributed by atoms with E-state index in [4.69, 9.17) is 5.73 Å². The first-order valence-electron chi connectivity index (χ1n) is 5.76. The van der Waals surface area contributed by atoms with Crippen molar-refractivity contribution in [3.8, 4) is 0 Å². The van der Waals surface area contributed by atoms with Crippen LogP contribution in [-0.4, -0.2) is 22.2 Å². The van der Waals surface area contributed by atoms with Crippen molar-refractivity contribution < 1.29 is 13.9 Å². The summed E-state index contributed by atoms with van der Waals surface area (Å²) in [5.74, 6) is -2.57. The summed E-state index contributed by atoms with van der Waals surface area (Å²) in [6, 6.07) is 0. The van der Waals surface area contributed by atoms with Crippen molar-refractivity contribution >= 4 is 0 Å². The Bertz CT molecular complexity index is 239. The SMILES string of the molecule is NC1(C2(O)CCCC2)CCC(F)(F)CC1. The van der Waals surface area contributed by atoms with Crippen LogP contribution in [0.1, 0.15) is 51.4 Å². The highest BCUT2D eigenvalue weighted by Crippen LogP contribution is 2.47. The van der Waals surface area contributed by atoms with Crippen molar-refractivity contribution in [1.82, 2.24) is 0 Å². The Morgan fingerprint density at radius 2 is 1.33 bits per heavy atom. The highest BCUT2D eigenvalue weighted by Gasteiger charge is 2.53. The van der Waals surface area contributed by atoms with Gasteiger partial charge >= 0.3 is 0 Å². The lowest BCUT2D eigenvalue weighted by atomic mass is 9.69. The molecule has 0 spiro atoms. The molecule has 0 amide bonds. The lowest BCUT2D eigenvalue weighted by Gasteiger charge is -2.46. The van der Waals surface area contributed by atoms with Gasteiger partial charge in [-0.2, -0.15) is 0 Å². The van der Waals surface area contributed by atoms with Crippen LogP contribution in [0.25, 0.3) is 0 Å². The first-order chi connectivity index (χ1) is 6.87. The summed E-state index contributed by atoms with van der Waals surface area (Å²) in [6.45, 7) is 0. The summed E-state index contributed by atoms with van der Waals surface area (Å²) in [5, 5.41) is 10.4. The minimum absolute atomic E-state index is 0.175. The maximum atomic E-state index is 13.0. The summed E-state index contributed by atoms with van der Waals surface area (Å²) in [5.41, 5.74) is 4.48. The van der Waals surface area contributed by atoms with Crippen LogP contribution in [0.3, 0.4) is 0 Å². The Morgan fingerprint density at radius 3 is 1.80 bits per heavy atom. The Hall–Kier alpha value is -0.220. The van der Waals surface area contributed by atoms with Crippen molar-refractivity contribution in [3.63, 3.8) is 0 Å². The van der Waals surface area contributed by atoms with Crippen LogP contribution in [0.5, 0.6) is 0 Å². The molecule has 0 heterocycles. The maximum absolute atomic E-state index is 13.0.